The lowest BCUT2D eigenvalue weighted by Gasteiger charge is -2.34. The summed E-state index contributed by atoms with van der Waals surface area (Å²) in [5, 5.41) is 2.68. The van der Waals surface area contributed by atoms with Crippen molar-refractivity contribution < 1.29 is 19.1 Å². The van der Waals surface area contributed by atoms with Gasteiger partial charge >= 0.3 is 0 Å². The van der Waals surface area contributed by atoms with Crippen molar-refractivity contribution in [3.63, 3.8) is 0 Å². The molecule has 1 aromatic heterocycles. The van der Waals surface area contributed by atoms with Crippen LogP contribution in [0.2, 0.25) is 0 Å². The van der Waals surface area contributed by atoms with Crippen LogP contribution in [0.25, 0.3) is 0 Å². The molecule has 1 N–H and O–H groups in total. The third-order valence-corrected chi connectivity index (χ3v) is 4.97. The third-order valence-electron chi connectivity index (χ3n) is 4.97. The highest BCUT2D eigenvalue weighted by Gasteiger charge is 2.23. The first kappa shape index (κ1) is 18.9. The molecule has 1 saturated heterocycles. The second-order valence-corrected chi connectivity index (χ2v) is 6.89. The smallest absolute Gasteiger partial charge is 0.262 e. The zero-order chi connectivity index (χ0) is 20.2. The van der Waals surface area contributed by atoms with Crippen molar-refractivity contribution in [1.29, 1.82) is 0 Å². The first-order valence-electron chi connectivity index (χ1n) is 9.50. The number of hydrogen-bond donors (Lipinski definition) is 1. The molecule has 9 nitrogen and oxygen atoms in total. The van der Waals surface area contributed by atoms with Gasteiger partial charge < -0.3 is 19.9 Å². The van der Waals surface area contributed by atoms with Crippen LogP contribution < -0.4 is 15.0 Å². The molecule has 2 aliphatic rings. The molecule has 9 heteroatoms. The van der Waals surface area contributed by atoms with Gasteiger partial charge in [-0.25, -0.2) is 9.97 Å². The van der Waals surface area contributed by atoms with E-state index in [2.05, 4.69) is 15.3 Å². The first-order chi connectivity index (χ1) is 14.1. The lowest BCUT2D eigenvalue weighted by Crippen LogP contribution is -2.49. The van der Waals surface area contributed by atoms with Crippen LogP contribution in [-0.4, -0.2) is 65.3 Å². The topological polar surface area (TPSA) is 105 Å². The Morgan fingerprint density at radius 3 is 2.59 bits per heavy atom. The molecular formula is C20H21N5O4. The van der Waals surface area contributed by atoms with Gasteiger partial charge in [0.2, 0.25) is 11.9 Å². The number of hydrogen-bond acceptors (Lipinski definition) is 7. The summed E-state index contributed by atoms with van der Waals surface area (Å²) in [5.41, 5.74) is 0.936. The molecular weight excluding hydrogens is 374 g/mol. The van der Waals surface area contributed by atoms with Gasteiger partial charge in [0, 0.05) is 57.0 Å². The Labute approximate surface area is 167 Å². The SMILES string of the molecule is O=C1COc2ccc(C(=O)CCC(=O)N3CCN(c4ncccn4)CC3)cc2N1. The van der Waals surface area contributed by atoms with Gasteiger partial charge in [0.1, 0.15) is 5.75 Å². The van der Waals surface area contributed by atoms with Crippen LogP contribution in [-0.2, 0) is 9.59 Å². The maximum Gasteiger partial charge on any atom is 0.262 e. The molecule has 150 valence electrons. The summed E-state index contributed by atoms with van der Waals surface area (Å²) in [7, 11) is 0. The summed E-state index contributed by atoms with van der Waals surface area (Å²) in [5.74, 6) is 0.770. The van der Waals surface area contributed by atoms with Crippen molar-refractivity contribution in [2.45, 2.75) is 12.8 Å². The van der Waals surface area contributed by atoms with Crippen LogP contribution in [0.1, 0.15) is 23.2 Å². The Hall–Kier alpha value is -3.49. The van der Waals surface area contributed by atoms with Gasteiger partial charge in [0.05, 0.1) is 5.69 Å². The van der Waals surface area contributed by atoms with Gasteiger partial charge in [-0.1, -0.05) is 0 Å². The van der Waals surface area contributed by atoms with Gasteiger partial charge in [-0.2, -0.15) is 0 Å². The number of Topliss-reactive ketones (excluding diaryl/α,β-unsaturated/α-hetero) is 1. The number of nitrogens with one attached hydrogen (secondary N) is 1. The van der Waals surface area contributed by atoms with Crippen molar-refractivity contribution in [2.75, 3.05) is 43.0 Å². The summed E-state index contributed by atoms with van der Waals surface area (Å²) < 4.78 is 5.29. The van der Waals surface area contributed by atoms with Gasteiger partial charge in [-0.3, -0.25) is 14.4 Å². The van der Waals surface area contributed by atoms with E-state index in [9.17, 15) is 14.4 Å². The fourth-order valence-electron chi connectivity index (χ4n) is 3.39. The maximum atomic E-state index is 12.5. The number of amides is 2. The molecule has 1 aromatic carbocycles. The lowest BCUT2D eigenvalue weighted by atomic mass is 10.0. The van der Waals surface area contributed by atoms with Crippen LogP contribution in [0.3, 0.4) is 0 Å². The number of anilines is 2. The van der Waals surface area contributed by atoms with Gasteiger partial charge in [-0.05, 0) is 24.3 Å². The molecule has 0 bridgehead atoms. The zero-order valence-electron chi connectivity index (χ0n) is 15.8. The summed E-state index contributed by atoms with van der Waals surface area (Å²) in [6, 6.07) is 6.68. The molecule has 0 atom stereocenters. The Morgan fingerprint density at radius 2 is 1.83 bits per heavy atom. The minimum atomic E-state index is -0.252. The summed E-state index contributed by atoms with van der Waals surface area (Å²) in [6.07, 6.45) is 3.67. The highest BCUT2D eigenvalue weighted by atomic mass is 16.5. The van der Waals surface area contributed by atoms with Gasteiger partial charge in [0.25, 0.3) is 5.91 Å². The number of carbonyl (C=O) groups excluding carboxylic acids is 3. The van der Waals surface area contributed by atoms with E-state index in [1.165, 1.54) is 0 Å². The molecule has 0 radical (unpaired) electrons. The van der Waals surface area contributed by atoms with Crippen LogP contribution in [0.4, 0.5) is 11.6 Å². The molecule has 2 aliphatic heterocycles. The predicted molar refractivity (Wildman–Crippen MR) is 105 cm³/mol. The minimum absolute atomic E-state index is 0.0293. The highest BCUT2D eigenvalue weighted by Crippen LogP contribution is 2.29. The van der Waals surface area contributed by atoms with E-state index in [1.807, 2.05) is 4.90 Å². The molecule has 4 rings (SSSR count). The van der Waals surface area contributed by atoms with Crippen molar-refractivity contribution in [2.24, 2.45) is 0 Å². The number of carbonyl (C=O) groups is 3. The van der Waals surface area contributed by atoms with E-state index in [4.69, 9.17) is 4.74 Å². The van der Waals surface area contributed by atoms with E-state index in [0.29, 0.717) is 49.1 Å². The van der Waals surface area contributed by atoms with E-state index in [-0.39, 0.29) is 37.0 Å². The first-order valence-corrected chi connectivity index (χ1v) is 9.50. The number of aromatic nitrogens is 2. The number of rotatable bonds is 5. The van der Waals surface area contributed by atoms with Crippen molar-refractivity contribution in [3.05, 3.63) is 42.2 Å². The van der Waals surface area contributed by atoms with Gasteiger partial charge in [-0.15, -0.1) is 0 Å². The second-order valence-electron chi connectivity index (χ2n) is 6.89. The fraction of sp³-hybridized carbons (Fsp3) is 0.350. The average molecular weight is 395 g/mol. The molecule has 0 saturated carbocycles. The second kappa shape index (κ2) is 8.26. The Balaban J connectivity index is 1.28. The molecule has 3 heterocycles. The molecule has 29 heavy (non-hydrogen) atoms. The van der Waals surface area contributed by atoms with E-state index in [0.717, 1.165) is 0 Å². The van der Waals surface area contributed by atoms with Crippen molar-refractivity contribution in [3.8, 4) is 5.75 Å². The summed E-state index contributed by atoms with van der Waals surface area (Å²) in [6.45, 7) is 2.45. The minimum Gasteiger partial charge on any atom is -0.482 e. The number of nitrogens with zero attached hydrogens (tertiary/aromatic N) is 4. The number of ether oxygens (including phenoxy) is 1. The Morgan fingerprint density at radius 1 is 1.07 bits per heavy atom. The quantitative estimate of drug-likeness (QED) is 0.757. The van der Waals surface area contributed by atoms with Crippen molar-refractivity contribution >= 4 is 29.2 Å². The van der Waals surface area contributed by atoms with Crippen LogP contribution in [0, 0.1) is 0 Å². The number of benzene rings is 1. The van der Waals surface area contributed by atoms with Gasteiger partial charge in [0.15, 0.2) is 12.4 Å². The number of fused-ring (bicyclic) bond motifs is 1. The predicted octanol–water partition coefficient (Wildman–Crippen LogP) is 1.12. The summed E-state index contributed by atoms with van der Waals surface area (Å²) >= 11 is 0. The number of piperazine rings is 1. The van der Waals surface area contributed by atoms with Crippen LogP contribution in [0.15, 0.2) is 36.7 Å². The lowest BCUT2D eigenvalue weighted by molar-refractivity contribution is -0.131. The third kappa shape index (κ3) is 4.34. The highest BCUT2D eigenvalue weighted by molar-refractivity contribution is 6.01. The van der Waals surface area contributed by atoms with Crippen LogP contribution >= 0.6 is 0 Å². The standard InChI is InChI=1S/C20H21N5O4/c26-16(14-2-4-17-15(12-14)23-18(27)13-29-17)3-5-19(28)24-8-10-25(11-9-24)20-21-6-1-7-22-20/h1-2,4,6-7,12H,3,5,8-11,13H2,(H,23,27). The normalized spacial score (nSPS) is 15.9. The average Bonchev–Trinajstić information content (AvgIpc) is 2.77. The molecule has 0 spiro atoms. The van der Waals surface area contributed by atoms with E-state index in [1.54, 1.807) is 41.6 Å². The van der Waals surface area contributed by atoms with E-state index < -0.39 is 0 Å². The van der Waals surface area contributed by atoms with Crippen LogP contribution in [0.5, 0.6) is 5.75 Å². The largest absolute Gasteiger partial charge is 0.482 e. The molecule has 2 amide bonds. The molecule has 1 fully saturated rings. The molecule has 0 unspecified atom stereocenters. The molecule has 2 aromatic rings. The molecule has 0 aliphatic carbocycles. The summed E-state index contributed by atoms with van der Waals surface area (Å²) in [4.78, 5) is 48.7. The zero-order valence-corrected chi connectivity index (χ0v) is 15.8. The Bertz CT molecular complexity index is 926. The Kier molecular flexibility index (Phi) is 5.37. The number of ketones is 1. The maximum absolute atomic E-state index is 12.5. The van der Waals surface area contributed by atoms with E-state index >= 15 is 0 Å². The van der Waals surface area contributed by atoms with Crippen molar-refractivity contribution in [1.82, 2.24) is 14.9 Å². The fourth-order valence-corrected chi connectivity index (χ4v) is 3.39. The monoisotopic (exact) mass is 395 g/mol.